The highest BCUT2D eigenvalue weighted by Gasteiger charge is 2.22. The standard InChI is InChI=1S/C11H13FN2O/c1-7(15)14-5-4-8-9(6-14)10(12)2-3-11(8)13/h2-3H,4-6,13H2,1H3. The van der Waals surface area contributed by atoms with E-state index in [-0.39, 0.29) is 11.7 Å². The molecule has 4 heteroatoms. The zero-order chi connectivity index (χ0) is 11.0. The highest BCUT2D eigenvalue weighted by molar-refractivity contribution is 5.74. The summed E-state index contributed by atoms with van der Waals surface area (Å²) in [6, 6.07) is 2.94. The van der Waals surface area contributed by atoms with Gasteiger partial charge in [0.2, 0.25) is 5.91 Å². The number of hydrogen-bond donors (Lipinski definition) is 1. The van der Waals surface area contributed by atoms with Crippen molar-refractivity contribution in [3.63, 3.8) is 0 Å². The van der Waals surface area contributed by atoms with Gasteiger partial charge in [0.1, 0.15) is 5.82 Å². The van der Waals surface area contributed by atoms with E-state index in [1.807, 2.05) is 0 Å². The highest BCUT2D eigenvalue weighted by Crippen LogP contribution is 2.26. The van der Waals surface area contributed by atoms with Crippen molar-refractivity contribution in [2.45, 2.75) is 19.9 Å². The fourth-order valence-electron chi connectivity index (χ4n) is 1.93. The number of carbonyl (C=O) groups excluding carboxylic acids is 1. The van der Waals surface area contributed by atoms with Gasteiger partial charge in [0, 0.05) is 31.3 Å². The van der Waals surface area contributed by atoms with Gasteiger partial charge in [-0.25, -0.2) is 4.39 Å². The molecule has 3 nitrogen and oxygen atoms in total. The molecule has 0 spiro atoms. The first-order chi connectivity index (χ1) is 7.09. The number of rotatable bonds is 0. The van der Waals surface area contributed by atoms with Crippen LogP contribution in [0, 0.1) is 5.82 Å². The fourth-order valence-corrected chi connectivity index (χ4v) is 1.93. The minimum absolute atomic E-state index is 0.0255. The third-order valence-electron chi connectivity index (χ3n) is 2.84. The van der Waals surface area contributed by atoms with Crippen LogP contribution in [0.3, 0.4) is 0 Å². The summed E-state index contributed by atoms with van der Waals surface area (Å²) < 4.78 is 13.5. The Labute approximate surface area is 87.7 Å². The molecule has 0 unspecified atom stereocenters. The zero-order valence-electron chi connectivity index (χ0n) is 8.59. The average molecular weight is 208 g/mol. The first-order valence-corrected chi connectivity index (χ1v) is 4.91. The Morgan fingerprint density at radius 3 is 2.87 bits per heavy atom. The summed E-state index contributed by atoms with van der Waals surface area (Å²) in [5, 5.41) is 0. The van der Waals surface area contributed by atoms with Crippen LogP contribution in [0.15, 0.2) is 12.1 Å². The van der Waals surface area contributed by atoms with Crippen LogP contribution in [0.4, 0.5) is 10.1 Å². The Morgan fingerprint density at radius 2 is 2.20 bits per heavy atom. The summed E-state index contributed by atoms with van der Waals surface area (Å²) in [6.45, 7) is 2.45. The van der Waals surface area contributed by atoms with Gasteiger partial charge in [-0.15, -0.1) is 0 Å². The molecule has 1 aliphatic heterocycles. The van der Waals surface area contributed by atoms with Crippen LogP contribution in [0.1, 0.15) is 18.1 Å². The van der Waals surface area contributed by atoms with E-state index in [1.165, 1.54) is 13.0 Å². The van der Waals surface area contributed by atoms with Gasteiger partial charge in [-0.3, -0.25) is 4.79 Å². The van der Waals surface area contributed by atoms with Crippen molar-refractivity contribution < 1.29 is 9.18 Å². The molecular weight excluding hydrogens is 195 g/mol. The average Bonchev–Trinajstić information content (AvgIpc) is 2.23. The molecule has 0 aliphatic carbocycles. The first kappa shape index (κ1) is 9.96. The number of nitrogens with zero attached hydrogens (tertiary/aromatic N) is 1. The number of hydrogen-bond acceptors (Lipinski definition) is 2. The maximum absolute atomic E-state index is 13.5. The number of anilines is 1. The fraction of sp³-hybridized carbons (Fsp3) is 0.364. The smallest absolute Gasteiger partial charge is 0.219 e. The number of nitrogens with two attached hydrogens (primary N) is 1. The van der Waals surface area contributed by atoms with Crippen LogP contribution in [0.25, 0.3) is 0 Å². The minimum Gasteiger partial charge on any atom is -0.398 e. The molecule has 2 N–H and O–H groups in total. The van der Waals surface area contributed by atoms with Crippen molar-refractivity contribution in [1.29, 1.82) is 0 Å². The second-order valence-electron chi connectivity index (χ2n) is 3.78. The van der Waals surface area contributed by atoms with Crippen molar-refractivity contribution in [3.05, 3.63) is 29.1 Å². The van der Waals surface area contributed by atoms with Crippen LogP contribution in [-0.2, 0) is 17.8 Å². The van der Waals surface area contributed by atoms with E-state index >= 15 is 0 Å². The van der Waals surface area contributed by atoms with E-state index < -0.39 is 0 Å². The van der Waals surface area contributed by atoms with Gasteiger partial charge in [-0.1, -0.05) is 0 Å². The number of carbonyl (C=O) groups is 1. The normalized spacial score (nSPS) is 14.9. The molecular formula is C11H13FN2O. The Bertz CT molecular complexity index is 417. The Balaban J connectivity index is 2.41. The summed E-state index contributed by atoms with van der Waals surface area (Å²) >= 11 is 0. The molecule has 1 aliphatic rings. The summed E-state index contributed by atoms with van der Waals surface area (Å²) in [4.78, 5) is 12.8. The second kappa shape index (κ2) is 3.53. The summed E-state index contributed by atoms with van der Waals surface area (Å²) in [5.74, 6) is -0.298. The maximum atomic E-state index is 13.5. The lowest BCUT2D eigenvalue weighted by atomic mass is 9.97. The molecule has 2 rings (SSSR count). The Kier molecular flexibility index (Phi) is 2.34. The zero-order valence-corrected chi connectivity index (χ0v) is 8.59. The van der Waals surface area contributed by atoms with Crippen LogP contribution in [-0.4, -0.2) is 17.4 Å². The van der Waals surface area contributed by atoms with Gasteiger partial charge in [-0.2, -0.15) is 0 Å². The molecule has 0 aromatic heterocycles. The SMILES string of the molecule is CC(=O)N1CCc2c(N)ccc(F)c2C1. The molecule has 1 heterocycles. The van der Waals surface area contributed by atoms with Gasteiger partial charge in [-0.05, 0) is 24.1 Å². The lowest BCUT2D eigenvalue weighted by molar-refractivity contribution is -0.129. The van der Waals surface area contributed by atoms with E-state index in [1.54, 1.807) is 11.0 Å². The molecule has 0 atom stereocenters. The highest BCUT2D eigenvalue weighted by atomic mass is 19.1. The Morgan fingerprint density at radius 1 is 1.47 bits per heavy atom. The predicted molar refractivity (Wildman–Crippen MR) is 55.6 cm³/mol. The molecule has 0 saturated heterocycles. The van der Waals surface area contributed by atoms with E-state index in [0.29, 0.717) is 30.8 Å². The predicted octanol–water partition coefficient (Wildman–Crippen LogP) is 1.31. The number of nitrogen functional groups attached to an aromatic ring is 1. The maximum Gasteiger partial charge on any atom is 0.219 e. The van der Waals surface area contributed by atoms with Crippen molar-refractivity contribution in [2.24, 2.45) is 0 Å². The van der Waals surface area contributed by atoms with Gasteiger partial charge < -0.3 is 10.6 Å². The lowest BCUT2D eigenvalue weighted by Crippen LogP contribution is -2.35. The van der Waals surface area contributed by atoms with Gasteiger partial charge >= 0.3 is 0 Å². The third kappa shape index (κ3) is 1.67. The first-order valence-electron chi connectivity index (χ1n) is 4.91. The minimum atomic E-state index is -0.273. The van der Waals surface area contributed by atoms with Crippen molar-refractivity contribution in [2.75, 3.05) is 12.3 Å². The topological polar surface area (TPSA) is 46.3 Å². The quantitative estimate of drug-likeness (QED) is 0.653. The van der Waals surface area contributed by atoms with Crippen molar-refractivity contribution in [3.8, 4) is 0 Å². The summed E-state index contributed by atoms with van der Waals surface area (Å²) in [6.07, 6.45) is 0.637. The Hall–Kier alpha value is -1.58. The summed E-state index contributed by atoms with van der Waals surface area (Å²) in [7, 11) is 0. The second-order valence-corrected chi connectivity index (χ2v) is 3.78. The van der Waals surface area contributed by atoms with E-state index in [0.717, 1.165) is 5.56 Å². The van der Waals surface area contributed by atoms with Gasteiger partial charge in [0.25, 0.3) is 0 Å². The van der Waals surface area contributed by atoms with Crippen LogP contribution < -0.4 is 5.73 Å². The molecule has 0 bridgehead atoms. The molecule has 15 heavy (non-hydrogen) atoms. The molecule has 80 valence electrons. The molecule has 0 radical (unpaired) electrons. The number of halogens is 1. The largest absolute Gasteiger partial charge is 0.398 e. The van der Waals surface area contributed by atoms with Crippen LogP contribution in [0.2, 0.25) is 0 Å². The number of benzene rings is 1. The number of fused-ring (bicyclic) bond motifs is 1. The van der Waals surface area contributed by atoms with E-state index in [2.05, 4.69) is 0 Å². The molecule has 0 saturated carbocycles. The molecule has 1 aromatic rings. The van der Waals surface area contributed by atoms with Crippen molar-refractivity contribution in [1.82, 2.24) is 4.90 Å². The van der Waals surface area contributed by atoms with E-state index in [9.17, 15) is 9.18 Å². The summed E-state index contributed by atoms with van der Waals surface area (Å²) in [5.41, 5.74) is 7.80. The monoisotopic (exact) mass is 208 g/mol. The number of amides is 1. The van der Waals surface area contributed by atoms with Gasteiger partial charge in [0.05, 0.1) is 0 Å². The van der Waals surface area contributed by atoms with Crippen LogP contribution in [0.5, 0.6) is 0 Å². The molecule has 0 fully saturated rings. The third-order valence-corrected chi connectivity index (χ3v) is 2.84. The van der Waals surface area contributed by atoms with Crippen molar-refractivity contribution >= 4 is 11.6 Å². The molecule has 1 amide bonds. The molecule has 1 aromatic carbocycles. The van der Waals surface area contributed by atoms with E-state index in [4.69, 9.17) is 5.73 Å². The van der Waals surface area contributed by atoms with Crippen LogP contribution >= 0.6 is 0 Å². The lowest BCUT2D eigenvalue weighted by Gasteiger charge is -2.28. The van der Waals surface area contributed by atoms with Gasteiger partial charge in [0.15, 0.2) is 0 Å².